The molecule has 0 saturated carbocycles. The van der Waals surface area contributed by atoms with Gasteiger partial charge in [-0.3, -0.25) is 9.59 Å². The fraction of sp³-hybridized carbons (Fsp3) is 0.348. The van der Waals surface area contributed by atoms with Gasteiger partial charge in [0.1, 0.15) is 16.8 Å². The maximum absolute atomic E-state index is 13.0. The molecule has 0 radical (unpaired) electrons. The summed E-state index contributed by atoms with van der Waals surface area (Å²) in [5, 5.41) is 22.7. The molecule has 1 heterocycles. The molecule has 0 saturated heterocycles. The van der Waals surface area contributed by atoms with Crippen LogP contribution >= 0.6 is 11.3 Å². The number of carboxylic acids is 1. The summed E-state index contributed by atoms with van der Waals surface area (Å²) in [6.07, 6.45) is 0.775. The average Bonchev–Trinajstić information content (AvgIpc) is 3.04. The van der Waals surface area contributed by atoms with Crippen LogP contribution in [0, 0.1) is 30.1 Å². The number of hydrogen-bond acceptors (Lipinski definition) is 5. The van der Waals surface area contributed by atoms with Crippen molar-refractivity contribution in [3.8, 4) is 22.9 Å². The number of aryl methyl sites for hydroxylation is 1. The van der Waals surface area contributed by atoms with E-state index >= 15 is 0 Å². The Morgan fingerprint density at radius 3 is 2.27 bits per heavy atom. The number of carbonyl (C=O) groups is 2. The third-order valence-corrected chi connectivity index (χ3v) is 6.75. The van der Waals surface area contributed by atoms with Crippen LogP contribution in [0.3, 0.4) is 0 Å². The molecule has 156 valence electrons. The standard InChI is InChI=1S/C23H24N2O4S/c1-12-9-17(18(23(27)28)10-13(12)2)21(26)25-22-19(11-24)20(14(3)30-22)15-5-7-16(29-4)8-6-15/h5-8,17-18H,9-10H2,1-4H3,(H,25,26)(H,27,28)/t17-,18-/m0/s1. The molecule has 2 aromatic rings. The van der Waals surface area contributed by atoms with Gasteiger partial charge in [0.15, 0.2) is 0 Å². The number of anilines is 1. The van der Waals surface area contributed by atoms with Crippen LogP contribution in [0.4, 0.5) is 5.00 Å². The van der Waals surface area contributed by atoms with Gasteiger partial charge in [-0.2, -0.15) is 5.26 Å². The zero-order chi connectivity index (χ0) is 22.0. The second kappa shape index (κ2) is 8.72. The van der Waals surface area contributed by atoms with Gasteiger partial charge in [0.25, 0.3) is 0 Å². The highest BCUT2D eigenvalue weighted by molar-refractivity contribution is 7.17. The first-order valence-corrected chi connectivity index (χ1v) is 10.4. The van der Waals surface area contributed by atoms with E-state index < -0.39 is 17.8 Å². The Bertz CT molecular complexity index is 1060. The Kier molecular flexibility index (Phi) is 6.28. The maximum atomic E-state index is 13.0. The lowest BCUT2D eigenvalue weighted by Crippen LogP contribution is -2.36. The van der Waals surface area contributed by atoms with E-state index in [9.17, 15) is 20.0 Å². The topological polar surface area (TPSA) is 99.4 Å². The van der Waals surface area contributed by atoms with Crippen LogP contribution in [0.1, 0.15) is 37.1 Å². The van der Waals surface area contributed by atoms with Crippen LogP contribution in [0.2, 0.25) is 0 Å². The minimum atomic E-state index is -0.969. The van der Waals surface area contributed by atoms with Crippen LogP contribution in [0.25, 0.3) is 11.1 Å². The second-order valence-corrected chi connectivity index (χ2v) is 8.81. The van der Waals surface area contributed by atoms with Gasteiger partial charge >= 0.3 is 5.97 Å². The molecule has 30 heavy (non-hydrogen) atoms. The maximum Gasteiger partial charge on any atom is 0.307 e. The van der Waals surface area contributed by atoms with Crippen LogP contribution in [-0.4, -0.2) is 24.1 Å². The van der Waals surface area contributed by atoms with Crippen molar-refractivity contribution in [2.45, 2.75) is 33.6 Å². The van der Waals surface area contributed by atoms with Gasteiger partial charge in [0, 0.05) is 10.4 Å². The van der Waals surface area contributed by atoms with Gasteiger partial charge < -0.3 is 15.2 Å². The summed E-state index contributed by atoms with van der Waals surface area (Å²) in [7, 11) is 1.59. The molecule has 1 amide bonds. The number of thiophene rings is 1. The van der Waals surface area contributed by atoms with Gasteiger partial charge in [-0.25, -0.2) is 0 Å². The summed E-state index contributed by atoms with van der Waals surface area (Å²) in [5.74, 6) is -2.03. The fourth-order valence-corrected chi connectivity index (χ4v) is 4.91. The zero-order valence-electron chi connectivity index (χ0n) is 17.4. The monoisotopic (exact) mass is 424 g/mol. The van der Waals surface area contributed by atoms with E-state index in [-0.39, 0.29) is 5.91 Å². The lowest BCUT2D eigenvalue weighted by atomic mass is 9.76. The lowest BCUT2D eigenvalue weighted by molar-refractivity contribution is -0.146. The first-order valence-electron chi connectivity index (χ1n) is 9.63. The van der Waals surface area contributed by atoms with Crippen molar-refractivity contribution in [1.29, 1.82) is 5.26 Å². The minimum Gasteiger partial charge on any atom is -0.497 e. The third-order valence-electron chi connectivity index (χ3n) is 5.73. The van der Waals surface area contributed by atoms with Crippen LogP contribution < -0.4 is 10.1 Å². The summed E-state index contributed by atoms with van der Waals surface area (Å²) in [5.41, 5.74) is 4.09. The van der Waals surface area contributed by atoms with E-state index in [0.717, 1.165) is 32.9 Å². The Hall–Kier alpha value is -3.11. The van der Waals surface area contributed by atoms with E-state index in [0.29, 0.717) is 23.4 Å². The van der Waals surface area contributed by atoms with Crippen molar-refractivity contribution >= 4 is 28.2 Å². The summed E-state index contributed by atoms with van der Waals surface area (Å²) >= 11 is 1.33. The third kappa shape index (κ3) is 4.10. The lowest BCUT2D eigenvalue weighted by Gasteiger charge is -2.29. The molecule has 0 spiro atoms. The van der Waals surface area contributed by atoms with Crippen molar-refractivity contribution in [3.63, 3.8) is 0 Å². The van der Waals surface area contributed by atoms with E-state index in [1.165, 1.54) is 11.3 Å². The zero-order valence-corrected chi connectivity index (χ0v) is 18.2. The number of carbonyl (C=O) groups excluding carboxylic acids is 1. The molecule has 1 aliphatic rings. The number of hydrogen-bond donors (Lipinski definition) is 2. The highest BCUT2D eigenvalue weighted by atomic mass is 32.1. The molecule has 0 bridgehead atoms. The normalized spacial score (nSPS) is 18.6. The average molecular weight is 425 g/mol. The van der Waals surface area contributed by atoms with Gasteiger partial charge in [-0.15, -0.1) is 11.3 Å². The van der Waals surface area contributed by atoms with E-state index in [1.54, 1.807) is 7.11 Å². The van der Waals surface area contributed by atoms with E-state index in [2.05, 4.69) is 11.4 Å². The van der Waals surface area contributed by atoms with Crippen molar-refractivity contribution in [3.05, 3.63) is 45.9 Å². The molecule has 1 aliphatic carbocycles. The summed E-state index contributed by atoms with van der Waals surface area (Å²) < 4.78 is 5.19. The molecule has 6 nitrogen and oxygen atoms in total. The van der Waals surface area contributed by atoms with Crippen molar-refractivity contribution in [2.75, 3.05) is 12.4 Å². The molecule has 1 aromatic carbocycles. The van der Waals surface area contributed by atoms with Gasteiger partial charge in [0.05, 0.1) is 24.5 Å². The van der Waals surface area contributed by atoms with Crippen molar-refractivity contribution < 1.29 is 19.4 Å². The van der Waals surface area contributed by atoms with Gasteiger partial charge in [-0.1, -0.05) is 23.3 Å². The number of ether oxygens (including phenoxy) is 1. The summed E-state index contributed by atoms with van der Waals surface area (Å²) in [6.45, 7) is 5.75. The second-order valence-electron chi connectivity index (χ2n) is 7.59. The Morgan fingerprint density at radius 2 is 1.73 bits per heavy atom. The number of nitrogens with zero attached hydrogens (tertiary/aromatic N) is 1. The summed E-state index contributed by atoms with van der Waals surface area (Å²) in [4.78, 5) is 25.7. The number of rotatable bonds is 5. The van der Waals surface area contributed by atoms with Gasteiger partial charge in [-0.05, 0) is 51.3 Å². The van der Waals surface area contributed by atoms with Crippen LogP contribution in [0.15, 0.2) is 35.4 Å². The fourth-order valence-electron chi connectivity index (χ4n) is 3.88. The quantitative estimate of drug-likeness (QED) is 0.659. The predicted molar refractivity (Wildman–Crippen MR) is 117 cm³/mol. The SMILES string of the molecule is COc1ccc(-c2c(C)sc(NC(=O)[C@H]3CC(C)=C(C)C[C@@H]3C(=O)O)c2C#N)cc1. The molecular formula is C23H24N2O4S. The number of allylic oxidation sites excluding steroid dienone is 2. The Labute approximate surface area is 179 Å². The van der Waals surface area contributed by atoms with Crippen LogP contribution in [0.5, 0.6) is 5.75 Å². The van der Waals surface area contributed by atoms with Crippen molar-refractivity contribution in [1.82, 2.24) is 0 Å². The highest BCUT2D eigenvalue weighted by Gasteiger charge is 2.37. The first-order chi connectivity index (χ1) is 14.3. The summed E-state index contributed by atoms with van der Waals surface area (Å²) in [6, 6.07) is 9.60. The number of aliphatic carboxylic acids is 1. The highest BCUT2D eigenvalue weighted by Crippen LogP contribution is 2.41. The first kappa shape index (κ1) is 21.6. The molecule has 1 aromatic heterocycles. The molecule has 7 heteroatoms. The molecule has 0 fully saturated rings. The van der Waals surface area contributed by atoms with E-state index in [4.69, 9.17) is 4.74 Å². The van der Waals surface area contributed by atoms with Crippen molar-refractivity contribution in [2.24, 2.45) is 11.8 Å². The molecular weight excluding hydrogens is 400 g/mol. The van der Waals surface area contributed by atoms with Gasteiger partial charge in [0.2, 0.25) is 5.91 Å². The molecule has 2 N–H and O–H groups in total. The molecule has 0 unspecified atom stereocenters. The molecule has 2 atom stereocenters. The minimum absolute atomic E-state index is 0.353. The number of amides is 1. The molecule has 3 rings (SSSR count). The largest absolute Gasteiger partial charge is 0.497 e. The number of methoxy groups -OCH3 is 1. The predicted octanol–water partition coefficient (Wildman–Crippen LogP) is 4.99. The number of nitrogens with one attached hydrogen (secondary N) is 1. The van der Waals surface area contributed by atoms with E-state index in [1.807, 2.05) is 45.0 Å². The molecule has 0 aliphatic heterocycles. The smallest absolute Gasteiger partial charge is 0.307 e. The number of nitriles is 1. The number of carboxylic acid groups (broad SMARTS) is 1. The Morgan fingerprint density at radius 1 is 1.13 bits per heavy atom. The van der Waals surface area contributed by atoms with Crippen LogP contribution in [-0.2, 0) is 9.59 Å². The number of benzene rings is 1. The Balaban J connectivity index is 1.92.